The van der Waals surface area contributed by atoms with Gasteiger partial charge in [0, 0.05) is 12.2 Å². The SMILES string of the molecule is CCc1ccccc1NCc1ccc(O)c(OC)c1. The first-order chi connectivity index (χ1) is 9.24. The molecule has 2 aromatic carbocycles. The highest BCUT2D eigenvalue weighted by Crippen LogP contribution is 2.26. The summed E-state index contributed by atoms with van der Waals surface area (Å²) in [5.41, 5.74) is 3.52. The Bertz CT molecular complexity index is 552. The van der Waals surface area contributed by atoms with Crippen molar-refractivity contribution < 1.29 is 9.84 Å². The molecule has 2 N–H and O–H groups in total. The van der Waals surface area contributed by atoms with Gasteiger partial charge in [-0.3, -0.25) is 0 Å². The summed E-state index contributed by atoms with van der Waals surface area (Å²) < 4.78 is 5.10. The van der Waals surface area contributed by atoms with Crippen LogP contribution in [0, 0.1) is 0 Å². The molecule has 0 amide bonds. The minimum Gasteiger partial charge on any atom is -0.504 e. The predicted molar refractivity (Wildman–Crippen MR) is 77.8 cm³/mol. The maximum Gasteiger partial charge on any atom is 0.160 e. The van der Waals surface area contributed by atoms with Crippen LogP contribution in [0.2, 0.25) is 0 Å². The fourth-order valence-corrected chi connectivity index (χ4v) is 2.03. The Morgan fingerprint density at radius 3 is 2.68 bits per heavy atom. The fourth-order valence-electron chi connectivity index (χ4n) is 2.03. The lowest BCUT2D eigenvalue weighted by Crippen LogP contribution is -2.02. The third-order valence-corrected chi connectivity index (χ3v) is 3.13. The lowest BCUT2D eigenvalue weighted by molar-refractivity contribution is 0.373. The van der Waals surface area contributed by atoms with Crippen molar-refractivity contribution in [3.05, 3.63) is 53.6 Å². The Morgan fingerprint density at radius 2 is 1.95 bits per heavy atom. The molecule has 0 atom stereocenters. The zero-order valence-electron chi connectivity index (χ0n) is 11.3. The Balaban J connectivity index is 2.10. The van der Waals surface area contributed by atoms with Gasteiger partial charge in [-0.05, 0) is 35.7 Å². The van der Waals surface area contributed by atoms with Gasteiger partial charge in [0.05, 0.1) is 7.11 Å². The van der Waals surface area contributed by atoms with Crippen LogP contribution in [0.3, 0.4) is 0 Å². The van der Waals surface area contributed by atoms with E-state index in [1.165, 1.54) is 5.56 Å². The topological polar surface area (TPSA) is 41.5 Å². The number of aryl methyl sites for hydroxylation is 1. The number of phenols is 1. The van der Waals surface area contributed by atoms with Crippen LogP contribution < -0.4 is 10.1 Å². The minimum absolute atomic E-state index is 0.167. The number of anilines is 1. The summed E-state index contributed by atoms with van der Waals surface area (Å²) in [5, 5.41) is 13.0. The van der Waals surface area contributed by atoms with Crippen LogP contribution in [0.5, 0.6) is 11.5 Å². The second kappa shape index (κ2) is 6.14. The standard InChI is InChI=1S/C16H19NO2/c1-3-13-6-4-5-7-14(13)17-11-12-8-9-15(18)16(10-12)19-2/h4-10,17-18H,3,11H2,1-2H3. The molecule has 0 bridgehead atoms. The van der Waals surface area contributed by atoms with Gasteiger partial charge in [0.15, 0.2) is 11.5 Å². The first kappa shape index (κ1) is 13.3. The van der Waals surface area contributed by atoms with Gasteiger partial charge in [-0.2, -0.15) is 0 Å². The Morgan fingerprint density at radius 1 is 1.16 bits per heavy atom. The van der Waals surface area contributed by atoms with Crippen LogP contribution in [0.1, 0.15) is 18.1 Å². The number of para-hydroxylation sites is 1. The molecule has 0 radical (unpaired) electrons. The van der Waals surface area contributed by atoms with E-state index in [0.717, 1.165) is 17.7 Å². The number of phenolic OH excluding ortho intramolecular Hbond substituents is 1. The number of methoxy groups -OCH3 is 1. The summed E-state index contributed by atoms with van der Waals surface area (Å²) in [6, 6.07) is 13.7. The summed E-state index contributed by atoms with van der Waals surface area (Å²) in [7, 11) is 1.55. The lowest BCUT2D eigenvalue weighted by Gasteiger charge is -2.12. The molecule has 2 aromatic rings. The van der Waals surface area contributed by atoms with E-state index in [2.05, 4.69) is 24.4 Å². The summed E-state index contributed by atoms with van der Waals surface area (Å²) in [4.78, 5) is 0. The van der Waals surface area contributed by atoms with Crippen LogP contribution >= 0.6 is 0 Å². The van der Waals surface area contributed by atoms with Crippen LogP contribution in [-0.2, 0) is 13.0 Å². The van der Waals surface area contributed by atoms with Crippen molar-refractivity contribution in [2.45, 2.75) is 19.9 Å². The Kier molecular flexibility index (Phi) is 4.29. The van der Waals surface area contributed by atoms with E-state index in [-0.39, 0.29) is 5.75 Å². The number of ether oxygens (including phenoxy) is 1. The normalized spacial score (nSPS) is 10.2. The summed E-state index contributed by atoms with van der Waals surface area (Å²) in [5.74, 6) is 0.670. The monoisotopic (exact) mass is 257 g/mol. The Hall–Kier alpha value is -2.16. The second-order valence-electron chi connectivity index (χ2n) is 4.37. The highest BCUT2D eigenvalue weighted by molar-refractivity contribution is 5.52. The van der Waals surface area contributed by atoms with Crippen molar-refractivity contribution in [2.75, 3.05) is 12.4 Å². The van der Waals surface area contributed by atoms with Crippen LogP contribution in [0.25, 0.3) is 0 Å². The highest BCUT2D eigenvalue weighted by atomic mass is 16.5. The molecule has 0 spiro atoms. The van der Waals surface area contributed by atoms with Crippen molar-refractivity contribution in [3.8, 4) is 11.5 Å². The van der Waals surface area contributed by atoms with Gasteiger partial charge in [0.2, 0.25) is 0 Å². The second-order valence-corrected chi connectivity index (χ2v) is 4.37. The molecule has 19 heavy (non-hydrogen) atoms. The number of aromatic hydroxyl groups is 1. The largest absolute Gasteiger partial charge is 0.504 e. The van der Waals surface area contributed by atoms with E-state index < -0.39 is 0 Å². The third kappa shape index (κ3) is 3.19. The van der Waals surface area contributed by atoms with E-state index in [1.54, 1.807) is 13.2 Å². The van der Waals surface area contributed by atoms with E-state index in [9.17, 15) is 5.11 Å². The molecular weight excluding hydrogens is 238 g/mol. The number of benzene rings is 2. The summed E-state index contributed by atoms with van der Waals surface area (Å²) in [6.45, 7) is 2.84. The predicted octanol–water partition coefficient (Wildman–Crippen LogP) is 3.58. The fraction of sp³-hybridized carbons (Fsp3) is 0.250. The molecule has 2 rings (SSSR count). The van der Waals surface area contributed by atoms with Gasteiger partial charge >= 0.3 is 0 Å². The zero-order valence-corrected chi connectivity index (χ0v) is 11.3. The van der Waals surface area contributed by atoms with Crippen LogP contribution in [0.15, 0.2) is 42.5 Å². The Labute approximate surface area is 113 Å². The molecule has 0 aromatic heterocycles. The van der Waals surface area contributed by atoms with Crippen LogP contribution in [-0.4, -0.2) is 12.2 Å². The average Bonchev–Trinajstić information content (AvgIpc) is 2.46. The van der Waals surface area contributed by atoms with E-state index in [0.29, 0.717) is 12.3 Å². The average molecular weight is 257 g/mol. The van der Waals surface area contributed by atoms with Gasteiger partial charge in [-0.15, -0.1) is 0 Å². The van der Waals surface area contributed by atoms with E-state index in [1.807, 2.05) is 24.3 Å². The maximum atomic E-state index is 9.56. The number of hydrogen-bond donors (Lipinski definition) is 2. The van der Waals surface area contributed by atoms with Crippen molar-refractivity contribution >= 4 is 5.69 Å². The van der Waals surface area contributed by atoms with Gasteiger partial charge < -0.3 is 15.2 Å². The summed E-state index contributed by atoms with van der Waals surface area (Å²) in [6.07, 6.45) is 1.00. The maximum absolute atomic E-state index is 9.56. The van der Waals surface area contributed by atoms with Crippen molar-refractivity contribution in [2.24, 2.45) is 0 Å². The molecule has 0 fully saturated rings. The van der Waals surface area contributed by atoms with Gasteiger partial charge in [0.25, 0.3) is 0 Å². The van der Waals surface area contributed by atoms with Crippen molar-refractivity contribution in [1.82, 2.24) is 0 Å². The van der Waals surface area contributed by atoms with Gasteiger partial charge in [-0.1, -0.05) is 31.2 Å². The molecule has 0 unspecified atom stereocenters. The molecule has 0 aliphatic carbocycles. The highest BCUT2D eigenvalue weighted by Gasteiger charge is 2.03. The summed E-state index contributed by atoms with van der Waals surface area (Å²) >= 11 is 0. The molecule has 0 saturated carbocycles. The lowest BCUT2D eigenvalue weighted by atomic mass is 10.1. The molecule has 0 aliphatic rings. The van der Waals surface area contributed by atoms with Crippen LogP contribution in [0.4, 0.5) is 5.69 Å². The minimum atomic E-state index is 0.167. The molecule has 0 saturated heterocycles. The van der Waals surface area contributed by atoms with Gasteiger partial charge in [-0.25, -0.2) is 0 Å². The first-order valence-electron chi connectivity index (χ1n) is 6.42. The van der Waals surface area contributed by atoms with E-state index in [4.69, 9.17) is 4.74 Å². The molecule has 100 valence electrons. The molecule has 3 nitrogen and oxygen atoms in total. The van der Waals surface area contributed by atoms with E-state index >= 15 is 0 Å². The number of hydrogen-bond acceptors (Lipinski definition) is 3. The van der Waals surface area contributed by atoms with Gasteiger partial charge in [0.1, 0.15) is 0 Å². The molecular formula is C16H19NO2. The van der Waals surface area contributed by atoms with Crippen molar-refractivity contribution in [1.29, 1.82) is 0 Å². The smallest absolute Gasteiger partial charge is 0.160 e. The third-order valence-electron chi connectivity index (χ3n) is 3.13. The molecule has 3 heteroatoms. The quantitative estimate of drug-likeness (QED) is 0.860. The number of rotatable bonds is 5. The first-order valence-corrected chi connectivity index (χ1v) is 6.42. The van der Waals surface area contributed by atoms with Crippen molar-refractivity contribution in [3.63, 3.8) is 0 Å². The number of nitrogens with one attached hydrogen (secondary N) is 1. The molecule has 0 heterocycles. The molecule has 0 aliphatic heterocycles. The zero-order chi connectivity index (χ0) is 13.7.